The molecule has 2 N–H and O–H groups in total. The molecular formula is C15H14FNO2. The lowest BCUT2D eigenvalue weighted by atomic mass is 10.1. The van der Waals surface area contributed by atoms with Gasteiger partial charge in [0.05, 0.1) is 0 Å². The summed E-state index contributed by atoms with van der Waals surface area (Å²) in [5.74, 6) is -0.581. The minimum Gasteiger partial charge on any atom is -0.508 e. The Bertz CT molecular complexity index is 638. The lowest BCUT2D eigenvalue weighted by Crippen LogP contribution is -2.14. The summed E-state index contributed by atoms with van der Waals surface area (Å²) in [6.45, 7) is 3.34. The van der Waals surface area contributed by atoms with E-state index in [4.69, 9.17) is 0 Å². The fourth-order valence-corrected chi connectivity index (χ4v) is 1.84. The quantitative estimate of drug-likeness (QED) is 0.868. The Hall–Kier alpha value is -2.36. The predicted molar refractivity (Wildman–Crippen MR) is 71.9 cm³/mol. The van der Waals surface area contributed by atoms with Crippen molar-refractivity contribution in [3.8, 4) is 5.75 Å². The molecule has 0 aliphatic rings. The Morgan fingerprint density at radius 2 is 1.95 bits per heavy atom. The molecule has 1 amide bonds. The molecule has 0 heterocycles. The molecule has 0 unspecified atom stereocenters. The number of hydrogen-bond donors (Lipinski definition) is 2. The molecule has 4 heteroatoms. The average Bonchev–Trinajstić information content (AvgIpc) is 2.34. The molecule has 0 radical (unpaired) electrons. The maximum atomic E-state index is 13.4. The van der Waals surface area contributed by atoms with E-state index in [-0.39, 0.29) is 17.5 Å². The van der Waals surface area contributed by atoms with Crippen molar-refractivity contribution in [1.82, 2.24) is 0 Å². The van der Waals surface area contributed by atoms with Crippen molar-refractivity contribution in [2.75, 3.05) is 5.32 Å². The summed E-state index contributed by atoms with van der Waals surface area (Å²) in [5, 5.41) is 12.0. The van der Waals surface area contributed by atoms with Gasteiger partial charge in [-0.2, -0.15) is 0 Å². The number of carbonyl (C=O) groups excluding carboxylic acids is 1. The highest BCUT2D eigenvalue weighted by atomic mass is 19.1. The highest BCUT2D eigenvalue weighted by Gasteiger charge is 2.12. The molecule has 3 nitrogen and oxygen atoms in total. The second-order valence-electron chi connectivity index (χ2n) is 4.37. The average molecular weight is 259 g/mol. The lowest BCUT2D eigenvalue weighted by Gasteiger charge is -2.10. The van der Waals surface area contributed by atoms with E-state index in [0.717, 1.165) is 0 Å². The second kappa shape index (κ2) is 5.10. The van der Waals surface area contributed by atoms with Crippen LogP contribution in [-0.4, -0.2) is 11.0 Å². The molecule has 0 saturated carbocycles. The number of aryl methyl sites for hydroxylation is 1. The highest BCUT2D eigenvalue weighted by Crippen LogP contribution is 2.20. The molecule has 2 rings (SSSR count). The molecular weight excluding hydrogens is 245 g/mol. The zero-order chi connectivity index (χ0) is 14.0. The van der Waals surface area contributed by atoms with Crippen LogP contribution in [0.4, 0.5) is 10.1 Å². The van der Waals surface area contributed by atoms with Crippen molar-refractivity contribution in [1.29, 1.82) is 0 Å². The van der Waals surface area contributed by atoms with Gasteiger partial charge in [-0.25, -0.2) is 4.39 Å². The number of phenols is 1. The fraction of sp³-hybridized carbons (Fsp3) is 0.133. The Morgan fingerprint density at radius 3 is 2.63 bits per heavy atom. The van der Waals surface area contributed by atoms with E-state index in [1.807, 2.05) is 0 Å². The van der Waals surface area contributed by atoms with Gasteiger partial charge in [-0.05, 0) is 49.7 Å². The Balaban J connectivity index is 2.28. The third-order valence-corrected chi connectivity index (χ3v) is 2.97. The van der Waals surface area contributed by atoms with Crippen LogP contribution >= 0.6 is 0 Å². The van der Waals surface area contributed by atoms with Gasteiger partial charge in [-0.1, -0.05) is 6.07 Å². The first-order chi connectivity index (χ1) is 8.99. The Kier molecular flexibility index (Phi) is 3.51. The second-order valence-corrected chi connectivity index (χ2v) is 4.37. The third kappa shape index (κ3) is 2.73. The number of halogens is 1. The first-order valence-corrected chi connectivity index (χ1v) is 5.85. The summed E-state index contributed by atoms with van der Waals surface area (Å²) >= 11 is 0. The normalized spacial score (nSPS) is 10.3. The summed E-state index contributed by atoms with van der Waals surface area (Å²) in [6.07, 6.45) is 0. The van der Waals surface area contributed by atoms with Crippen molar-refractivity contribution in [3.05, 3.63) is 58.9 Å². The maximum absolute atomic E-state index is 13.4. The summed E-state index contributed by atoms with van der Waals surface area (Å²) in [5.41, 5.74) is 1.94. The van der Waals surface area contributed by atoms with Gasteiger partial charge in [0.15, 0.2) is 0 Å². The minimum atomic E-state index is -0.361. The van der Waals surface area contributed by atoms with Crippen molar-refractivity contribution in [2.45, 2.75) is 13.8 Å². The molecule has 0 aliphatic heterocycles. The van der Waals surface area contributed by atoms with E-state index >= 15 is 0 Å². The number of amides is 1. The Morgan fingerprint density at radius 1 is 1.21 bits per heavy atom. The van der Waals surface area contributed by atoms with E-state index in [0.29, 0.717) is 22.4 Å². The minimum absolute atomic E-state index is 0.107. The van der Waals surface area contributed by atoms with Crippen LogP contribution in [0.25, 0.3) is 0 Å². The van der Waals surface area contributed by atoms with Crippen LogP contribution in [0.15, 0.2) is 36.4 Å². The third-order valence-electron chi connectivity index (χ3n) is 2.97. The van der Waals surface area contributed by atoms with Gasteiger partial charge in [-0.15, -0.1) is 0 Å². The molecule has 2 aromatic rings. The summed E-state index contributed by atoms with van der Waals surface area (Å²) in [4.78, 5) is 12.1. The van der Waals surface area contributed by atoms with E-state index in [9.17, 15) is 14.3 Å². The zero-order valence-electron chi connectivity index (χ0n) is 10.7. The molecule has 0 aromatic heterocycles. The number of benzene rings is 2. The number of phenolic OH excluding ortho intramolecular Hbond substituents is 1. The summed E-state index contributed by atoms with van der Waals surface area (Å²) < 4.78 is 13.4. The van der Waals surface area contributed by atoms with Gasteiger partial charge in [0, 0.05) is 16.8 Å². The van der Waals surface area contributed by atoms with Crippen molar-refractivity contribution >= 4 is 11.6 Å². The van der Waals surface area contributed by atoms with Crippen LogP contribution in [-0.2, 0) is 0 Å². The number of anilines is 1. The number of rotatable bonds is 2. The molecule has 98 valence electrons. The highest BCUT2D eigenvalue weighted by molar-refractivity contribution is 6.05. The monoisotopic (exact) mass is 259 g/mol. The molecule has 2 aromatic carbocycles. The number of aromatic hydroxyl groups is 1. The summed E-state index contributed by atoms with van der Waals surface area (Å²) in [6, 6.07) is 9.02. The molecule has 0 saturated heterocycles. The van der Waals surface area contributed by atoms with Crippen LogP contribution < -0.4 is 5.32 Å². The number of hydrogen-bond acceptors (Lipinski definition) is 2. The standard InChI is InChI=1S/C15H14FNO2/c1-9-8-11(18)6-7-12(9)15(19)17-14-5-3-4-13(16)10(14)2/h3-8,18H,1-2H3,(H,17,19). The first-order valence-electron chi connectivity index (χ1n) is 5.85. The lowest BCUT2D eigenvalue weighted by molar-refractivity contribution is 0.102. The molecule has 0 spiro atoms. The van der Waals surface area contributed by atoms with Gasteiger partial charge >= 0.3 is 0 Å². The van der Waals surface area contributed by atoms with Crippen molar-refractivity contribution in [3.63, 3.8) is 0 Å². The van der Waals surface area contributed by atoms with E-state index in [1.165, 1.54) is 24.3 Å². The molecule has 0 atom stereocenters. The van der Waals surface area contributed by atoms with Gasteiger partial charge in [-0.3, -0.25) is 4.79 Å². The first kappa shape index (κ1) is 13.1. The van der Waals surface area contributed by atoms with Crippen LogP contribution in [0, 0.1) is 19.7 Å². The molecule has 19 heavy (non-hydrogen) atoms. The Labute approximate surface area is 110 Å². The van der Waals surface area contributed by atoms with Crippen LogP contribution in [0.3, 0.4) is 0 Å². The van der Waals surface area contributed by atoms with Gasteiger partial charge in [0.2, 0.25) is 0 Å². The molecule has 0 fully saturated rings. The van der Waals surface area contributed by atoms with E-state index in [2.05, 4.69) is 5.32 Å². The van der Waals surface area contributed by atoms with Crippen LogP contribution in [0.5, 0.6) is 5.75 Å². The fourth-order valence-electron chi connectivity index (χ4n) is 1.84. The maximum Gasteiger partial charge on any atom is 0.255 e. The van der Waals surface area contributed by atoms with E-state index in [1.54, 1.807) is 26.0 Å². The van der Waals surface area contributed by atoms with Crippen molar-refractivity contribution in [2.24, 2.45) is 0 Å². The van der Waals surface area contributed by atoms with Gasteiger partial charge in [0.25, 0.3) is 5.91 Å². The smallest absolute Gasteiger partial charge is 0.255 e. The van der Waals surface area contributed by atoms with Crippen LogP contribution in [0.1, 0.15) is 21.5 Å². The molecule has 0 aliphatic carbocycles. The van der Waals surface area contributed by atoms with Gasteiger partial charge < -0.3 is 10.4 Å². The largest absolute Gasteiger partial charge is 0.508 e. The van der Waals surface area contributed by atoms with E-state index < -0.39 is 0 Å². The predicted octanol–water partition coefficient (Wildman–Crippen LogP) is 3.40. The number of carbonyl (C=O) groups is 1. The van der Waals surface area contributed by atoms with Gasteiger partial charge in [0.1, 0.15) is 11.6 Å². The van der Waals surface area contributed by atoms with Crippen molar-refractivity contribution < 1.29 is 14.3 Å². The zero-order valence-corrected chi connectivity index (χ0v) is 10.7. The number of nitrogens with one attached hydrogen (secondary N) is 1. The molecule has 0 bridgehead atoms. The topological polar surface area (TPSA) is 49.3 Å². The van der Waals surface area contributed by atoms with Crippen LogP contribution in [0.2, 0.25) is 0 Å². The summed E-state index contributed by atoms with van der Waals surface area (Å²) in [7, 11) is 0. The SMILES string of the molecule is Cc1cc(O)ccc1C(=O)Nc1cccc(F)c1C.